The van der Waals surface area contributed by atoms with Crippen molar-refractivity contribution in [2.75, 3.05) is 18.4 Å². The number of rotatable bonds is 6. The van der Waals surface area contributed by atoms with Gasteiger partial charge in [-0.1, -0.05) is 47.4 Å². The summed E-state index contributed by atoms with van der Waals surface area (Å²) in [5, 5.41) is 3.12. The van der Waals surface area contributed by atoms with Gasteiger partial charge in [0.05, 0.1) is 15.6 Å². The number of aryl methyl sites for hydroxylation is 1. The average molecular weight is 460 g/mol. The Morgan fingerprint density at radius 3 is 2.38 bits per heavy atom. The fourth-order valence-corrected chi connectivity index (χ4v) is 4.70. The number of amides is 1. The van der Waals surface area contributed by atoms with Crippen molar-refractivity contribution in [2.45, 2.75) is 25.7 Å². The first-order chi connectivity index (χ1) is 12.2. The number of sulfonamides is 1. The van der Waals surface area contributed by atoms with Gasteiger partial charge in [0.15, 0.2) is 0 Å². The minimum atomic E-state index is -3.64. The van der Waals surface area contributed by atoms with Gasteiger partial charge in [0.25, 0.3) is 5.91 Å². The Hall–Kier alpha value is -1.41. The van der Waals surface area contributed by atoms with E-state index in [2.05, 4.69) is 21.2 Å². The standard InChI is InChI=1S/C18H20BrClN2O3S/c1-4-22(5-2)26(24,25)14-8-6-12(3)15(11-14)18(23)21-17-9-7-13(19)10-16(17)20/h6-11H,4-5H2,1-3H3,(H,21,23). The zero-order chi connectivity index (χ0) is 19.5. The first-order valence-electron chi connectivity index (χ1n) is 8.07. The fourth-order valence-electron chi connectivity index (χ4n) is 2.50. The van der Waals surface area contributed by atoms with E-state index in [1.165, 1.54) is 16.4 Å². The molecular formula is C18H20BrClN2O3S. The molecule has 0 spiro atoms. The van der Waals surface area contributed by atoms with Gasteiger partial charge in [-0.3, -0.25) is 4.79 Å². The monoisotopic (exact) mass is 458 g/mol. The summed E-state index contributed by atoms with van der Waals surface area (Å²) in [6, 6.07) is 9.67. The summed E-state index contributed by atoms with van der Waals surface area (Å²) in [5.74, 6) is -0.414. The van der Waals surface area contributed by atoms with Crippen molar-refractivity contribution in [2.24, 2.45) is 0 Å². The van der Waals surface area contributed by atoms with Crippen LogP contribution in [0.3, 0.4) is 0 Å². The van der Waals surface area contributed by atoms with Gasteiger partial charge >= 0.3 is 0 Å². The van der Waals surface area contributed by atoms with Crippen LogP contribution >= 0.6 is 27.5 Å². The molecule has 0 radical (unpaired) electrons. The maximum atomic E-state index is 12.7. The van der Waals surface area contributed by atoms with E-state index in [0.717, 1.165) is 4.47 Å². The second kappa shape index (κ2) is 8.52. The second-order valence-electron chi connectivity index (χ2n) is 5.64. The Labute approximate surface area is 167 Å². The van der Waals surface area contributed by atoms with Crippen LogP contribution in [-0.4, -0.2) is 31.7 Å². The number of hydrogen-bond donors (Lipinski definition) is 1. The van der Waals surface area contributed by atoms with Crippen molar-refractivity contribution in [3.05, 3.63) is 57.0 Å². The summed E-state index contributed by atoms with van der Waals surface area (Å²) in [6.07, 6.45) is 0. The van der Waals surface area contributed by atoms with Crippen LogP contribution in [0.2, 0.25) is 5.02 Å². The van der Waals surface area contributed by atoms with Gasteiger partial charge in [-0.25, -0.2) is 8.42 Å². The van der Waals surface area contributed by atoms with Crippen LogP contribution in [0.1, 0.15) is 29.8 Å². The minimum absolute atomic E-state index is 0.0962. The maximum Gasteiger partial charge on any atom is 0.256 e. The van der Waals surface area contributed by atoms with Crippen LogP contribution in [0.25, 0.3) is 0 Å². The zero-order valence-electron chi connectivity index (χ0n) is 14.7. The first kappa shape index (κ1) is 20.9. The fraction of sp³-hybridized carbons (Fsp3) is 0.278. The van der Waals surface area contributed by atoms with E-state index in [9.17, 15) is 13.2 Å². The van der Waals surface area contributed by atoms with Crippen LogP contribution in [-0.2, 0) is 10.0 Å². The highest BCUT2D eigenvalue weighted by molar-refractivity contribution is 9.10. The van der Waals surface area contributed by atoms with Gasteiger partial charge in [-0.2, -0.15) is 4.31 Å². The molecular weight excluding hydrogens is 440 g/mol. The van der Waals surface area contributed by atoms with Gasteiger partial charge in [-0.15, -0.1) is 0 Å². The van der Waals surface area contributed by atoms with Crippen LogP contribution in [0.15, 0.2) is 45.8 Å². The Balaban J connectivity index is 2.39. The predicted molar refractivity (Wildman–Crippen MR) is 108 cm³/mol. The SMILES string of the molecule is CCN(CC)S(=O)(=O)c1ccc(C)c(C(=O)Nc2ccc(Br)cc2Cl)c1. The Morgan fingerprint density at radius 2 is 1.81 bits per heavy atom. The van der Waals surface area contributed by atoms with E-state index < -0.39 is 15.9 Å². The molecule has 0 bridgehead atoms. The van der Waals surface area contributed by atoms with E-state index in [4.69, 9.17) is 11.6 Å². The lowest BCUT2D eigenvalue weighted by Crippen LogP contribution is -2.30. The molecule has 0 heterocycles. The summed E-state index contributed by atoms with van der Waals surface area (Å²) in [7, 11) is -3.64. The molecule has 140 valence electrons. The molecule has 0 atom stereocenters. The lowest BCUT2D eigenvalue weighted by Gasteiger charge is -2.19. The highest BCUT2D eigenvalue weighted by Gasteiger charge is 2.23. The molecule has 2 aromatic rings. The van der Waals surface area contributed by atoms with Gasteiger partial charge in [0, 0.05) is 23.1 Å². The van der Waals surface area contributed by atoms with E-state index in [0.29, 0.717) is 29.4 Å². The number of nitrogens with one attached hydrogen (secondary N) is 1. The smallest absolute Gasteiger partial charge is 0.256 e. The van der Waals surface area contributed by atoms with Gasteiger partial charge in [0.1, 0.15) is 0 Å². The molecule has 1 amide bonds. The molecule has 0 saturated heterocycles. The third-order valence-corrected chi connectivity index (χ3v) is 6.83. The number of hydrogen-bond acceptors (Lipinski definition) is 3. The molecule has 2 rings (SSSR count). The van der Waals surface area contributed by atoms with Gasteiger partial charge in [0.2, 0.25) is 10.0 Å². The predicted octanol–water partition coefficient (Wildman–Crippen LogP) is 4.69. The quantitative estimate of drug-likeness (QED) is 0.681. The zero-order valence-corrected chi connectivity index (χ0v) is 17.9. The van der Waals surface area contributed by atoms with E-state index in [1.54, 1.807) is 45.0 Å². The van der Waals surface area contributed by atoms with Crippen molar-refractivity contribution < 1.29 is 13.2 Å². The summed E-state index contributed by atoms with van der Waals surface area (Å²) in [4.78, 5) is 12.8. The molecule has 0 aliphatic carbocycles. The summed E-state index contributed by atoms with van der Waals surface area (Å²) in [5.41, 5.74) is 1.42. The minimum Gasteiger partial charge on any atom is -0.321 e. The Kier molecular flexibility index (Phi) is 6.85. The van der Waals surface area contributed by atoms with Gasteiger partial charge < -0.3 is 5.32 Å². The lowest BCUT2D eigenvalue weighted by molar-refractivity contribution is 0.102. The number of carbonyl (C=O) groups excluding carboxylic acids is 1. The molecule has 0 aliphatic rings. The molecule has 0 aliphatic heterocycles. The maximum absolute atomic E-state index is 12.7. The third-order valence-electron chi connectivity index (χ3n) is 3.98. The Bertz CT molecular complexity index is 928. The topological polar surface area (TPSA) is 66.5 Å². The number of carbonyl (C=O) groups is 1. The van der Waals surface area contributed by atoms with Crippen molar-refractivity contribution in [3.8, 4) is 0 Å². The summed E-state index contributed by atoms with van der Waals surface area (Å²) in [6.45, 7) is 6.04. The van der Waals surface area contributed by atoms with E-state index in [-0.39, 0.29) is 10.5 Å². The molecule has 0 unspecified atom stereocenters. The molecule has 2 aromatic carbocycles. The number of halogens is 2. The van der Waals surface area contributed by atoms with E-state index in [1.807, 2.05) is 0 Å². The van der Waals surface area contributed by atoms with Crippen molar-refractivity contribution in [1.82, 2.24) is 4.31 Å². The number of nitrogens with zero attached hydrogens (tertiary/aromatic N) is 1. The average Bonchev–Trinajstić information content (AvgIpc) is 2.58. The van der Waals surface area contributed by atoms with Crippen LogP contribution < -0.4 is 5.32 Å². The number of anilines is 1. The van der Waals surface area contributed by atoms with Crippen LogP contribution in [0.4, 0.5) is 5.69 Å². The second-order valence-corrected chi connectivity index (χ2v) is 8.91. The first-order valence-corrected chi connectivity index (χ1v) is 10.7. The highest BCUT2D eigenvalue weighted by atomic mass is 79.9. The third kappa shape index (κ3) is 4.46. The van der Waals surface area contributed by atoms with Crippen molar-refractivity contribution in [1.29, 1.82) is 0 Å². The highest BCUT2D eigenvalue weighted by Crippen LogP contribution is 2.27. The molecule has 0 fully saturated rings. The molecule has 0 aromatic heterocycles. The molecule has 0 saturated carbocycles. The summed E-state index contributed by atoms with van der Waals surface area (Å²) >= 11 is 9.45. The normalized spacial score (nSPS) is 11.6. The van der Waals surface area contributed by atoms with Crippen molar-refractivity contribution in [3.63, 3.8) is 0 Å². The Morgan fingerprint density at radius 1 is 1.15 bits per heavy atom. The van der Waals surface area contributed by atoms with E-state index >= 15 is 0 Å². The van der Waals surface area contributed by atoms with Gasteiger partial charge in [-0.05, 0) is 42.8 Å². The lowest BCUT2D eigenvalue weighted by atomic mass is 10.1. The molecule has 1 N–H and O–H groups in total. The summed E-state index contributed by atoms with van der Waals surface area (Å²) < 4.78 is 27.5. The molecule has 26 heavy (non-hydrogen) atoms. The largest absolute Gasteiger partial charge is 0.321 e. The van der Waals surface area contributed by atoms with Crippen molar-refractivity contribution >= 4 is 49.1 Å². The molecule has 8 heteroatoms. The molecule has 5 nitrogen and oxygen atoms in total. The van der Waals surface area contributed by atoms with Crippen LogP contribution in [0.5, 0.6) is 0 Å². The number of benzene rings is 2. The van der Waals surface area contributed by atoms with Crippen LogP contribution in [0, 0.1) is 6.92 Å².